The molecule has 0 atom stereocenters. The zero-order chi connectivity index (χ0) is 15.8. The van der Waals surface area contributed by atoms with Crippen LogP contribution in [0.5, 0.6) is 0 Å². The third-order valence-electron chi connectivity index (χ3n) is 3.89. The van der Waals surface area contributed by atoms with E-state index in [-0.39, 0.29) is 0 Å². The highest BCUT2D eigenvalue weighted by molar-refractivity contribution is 5.87. The standard InChI is InChI=1S/C18H16N4O/c1-12-20-18(23-21-12)17-10-14-4-2-3-5-16(14)22(17)15-8-6-13(11-19)7-9-15/h2-10H,11,19H2,1H3. The van der Waals surface area contributed by atoms with Crippen molar-refractivity contribution in [3.63, 3.8) is 0 Å². The monoisotopic (exact) mass is 304 g/mol. The predicted molar refractivity (Wildman–Crippen MR) is 89.2 cm³/mol. The number of aryl methyl sites for hydroxylation is 1. The minimum atomic E-state index is 0.515. The molecule has 0 aliphatic heterocycles. The lowest BCUT2D eigenvalue weighted by Gasteiger charge is -2.09. The van der Waals surface area contributed by atoms with Crippen LogP contribution in [0.2, 0.25) is 0 Å². The smallest absolute Gasteiger partial charge is 0.274 e. The lowest BCUT2D eigenvalue weighted by Crippen LogP contribution is -1.99. The number of nitrogens with two attached hydrogens (primary N) is 1. The van der Waals surface area contributed by atoms with Gasteiger partial charge in [0, 0.05) is 17.6 Å². The normalized spacial score (nSPS) is 11.2. The van der Waals surface area contributed by atoms with Gasteiger partial charge in [0.15, 0.2) is 5.82 Å². The number of nitrogens with zero attached hydrogens (tertiary/aromatic N) is 3. The number of fused-ring (bicyclic) bond motifs is 1. The Morgan fingerprint density at radius 1 is 1.09 bits per heavy atom. The molecule has 0 spiro atoms. The topological polar surface area (TPSA) is 69.9 Å². The number of benzene rings is 2. The van der Waals surface area contributed by atoms with Crippen LogP contribution in [0, 0.1) is 6.92 Å². The summed E-state index contributed by atoms with van der Waals surface area (Å²) in [6.07, 6.45) is 0. The highest BCUT2D eigenvalue weighted by Crippen LogP contribution is 2.30. The summed E-state index contributed by atoms with van der Waals surface area (Å²) in [4.78, 5) is 4.38. The van der Waals surface area contributed by atoms with Gasteiger partial charge in [0.05, 0.1) is 5.52 Å². The first kappa shape index (κ1) is 13.7. The Balaban J connectivity index is 1.98. The molecule has 0 fully saturated rings. The van der Waals surface area contributed by atoms with E-state index in [0.717, 1.165) is 27.8 Å². The van der Waals surface area contributed by atoms with E-state index in [4.69, 9.17) is 10.3 Å². The molecule has 0 saturated carbocycles. The van der Waals surface area contributed by atoms with Crippen molar-refractivity contribution in [3.8, 4) is 17.3 Å². The lowest BCUT2D eigenvalue weighted by molar-refractivity contribution is 0.424. The Morgan fingerprint density at radius 3 is 2.57 bits per heavy atom. The molecular formula is C18H16N4O. The van der Waals surface area contributed by atoms with E-state index in [1.54, 1.807) is 0 Å². The highest BCUT2D eigenvalue weighted by atomic mass is 16.5. The van der Waals surface area contributed by atoms with Crippen molar-refractivity contribution >= 4 is 10.9 Å². The van der Waals surface area contributed by atoms with Gasteiger partial charge in [0.25, 0.3) is 5.89 Å². The van der Waals surface area contributed by atoms with Crippen LogP contribution in [0.15, 0.2) is 59.1 Å². The predicted octanol–water partition coefficient (Wildman–Crippen LogP) is 3.45. The molecular weight excluding hydrogens is 288 g/mol. The van der Waals surface area contributed by atoms with Crippen LogP contribution in [0.3, 0.4) is 0 Å². The van der Waals surface area contributed by atoms with Crippen LogP contribution in [-0.2, 0) is 6.54 Å². The van der Waals surface area contributed by atoms with Crippen molar-refractivity contribution in [3.05, 3.63) is 66.0 Å². The summed E-state index contributed by atoms with van der Waals surface area (Å²) in [6, 6.07) is 18.5. The highest BCUT2D eigenvalue weighted by Gasteiger charge is 2.16. The number of hydrogen-bond donors (Lipinski definition) is 1. The Labute approximate surface area is 133 Å². The fourth-order valence-corrected chi connectivity index (χ4v) is 2.77. The largest absolute Gasteiger partial charge is 0.332 e. The maximum Gasteiger partial charge on any atom is 0.274 e. The Bertz CT molecular complexity index is 966. The zero-order valence-electron chi connectivity index (χ0n) is 12.7. The van der Waals surface area contributed by atoms with Crippen LogP contribution in [0.25, 0.3) is 28.2 Å². The van der Waals surface area contributed by atoms with Crippen LogP contribution >= 0.6 is 0 Å². The summed E-state index contributed by atoms with van der Waals surface area (Å²) in [5.74, 6) is 1.14. The quantitative estimate of drug-likeness (QED) is 0.629. The molecule has 4 aromatic rings. The zero-order valence-corrected chi connectivity index (χ0v) is 12.7. The molecule has 2 heterocycles. The average molecular weight is 304 g/mol. The molecule has 0 aliphatic rings. The molecule has 5 nitrogen and oxygen atoms in total. The number of hydrogen-bond acceptors (Lipinski definition) is 4. The van der Waals surface area contributed by atoms with Gasteiger partial charge < -0.3 is 14.8 Å². The van der Waals surface area contributed by atoms with E-state index in [9.17, 15) is 0 Å². The molecule has 0 unspecified atom stereocenters. The molecule has 23 heavy (non-hydrogen) atoms. The first-order chi connectivity index (χ1) is 11.3. The summed E-state index contributed by atoms with van der Waals surface area (Å²) in [7, 11) is 0. The molecule has 0 aliphatic carbocycles. The van der Waals surface area contributed by atoms with Crippen LogP contribution in [0.1, 0.15) is 11.4 Å². The SMILES string of the molecule is Cc1noc(-c2cc3ccccc3n2-c2ccc(CN)cc2)n1. The molecule has 0 amide bonds. The first-order valence-electron chi connectivity index (χ1n) is 7.47. The van der Waals surface area contributed by atoms with Crippen molar-refractivity contribution in [2.75, 3.05) is 0 Å². The van der Waals surface area contributed by atoms with E-state index in [1.165, 1.54) is 0 Å². The Hall–Kier alpha value is -2.92. The molecule has 114 valence electrons. The number of aromatic nitrogens is 3. The average Bonchev–Trinajstić information content (AvgIpc) is 3.18. The molecule has 5 heteroatoms. The van der Waals surface area contributed by atoms with E-state index < -0.39 is 0 Å². The molecule has 2 N–H and O–H groups in total. The van der Waals surface area contributed by atoms with E-state index >= 15 is 0 Å². The van der Waals surface area contributed by atoms with Crippen molar-refractivity contribution in [1.29, 1.82) is 0 Å². The fourth-order valence-electron chi connectivity index (χ4n) is 2.77. The van der Waals surface area contributed by atoms with Gasteiger partial charge in [-0.3, -0.25) is 0 Å². The number of rotatable bonds is 3. The van der Waals surface area contributed by atoms with E-state index in [1.807, 2.05) is 31.2 Å². The molecule has 0 saturated heterocycles. The van der Waals surface area contributed by atoms with Gasteiger partial charge in [0.2, 0.25) is 0 Å². The van der Waals surface area contributed by atoms with E-state index in [0.29, 0.717) is 18.3 Å². The Kier molecular flexibility index (Phi) is 3.20. The summed E-state index contributed by atoms with van der Waals surface area (Å²) in [6.45, 7) is 2.35. The van der Waals surface area contributed by atoms with Gasteiger partial charge >= 0.3 is 0 Å². The lowest BCUT2D eigenvalue weighted by atomic mass is 10.2. The second-order valence-corrected chi connectivity index (χ2v) is 5.44. The van der Waals surface area contributed by atoms with Crippen LogP contribution in [-0.4, -0.2) is 14.7 Å². The van der Waals surface area contributed by atoms with Crippen molar-refractivity contribution in [2.24, 2.45) is 5.73 Å². The fraction of sp³-hybridized carbons (Fsp3) is 0.111. The second-order valence-electron chi connectivity index (χ2n) is 5.44. The molecule has 0 radical (unpaired) electrons. The van der Waals surface area contributed by atoms with Gasteiger partial charge in [-0.1, -0.05) is 35.5 Å². The minimum Gasteiger partial charge on any atom is -0.332 e. The third-order valence-corrected chi connectivity index (χ3v) is 3.89. The third kappa shape index (κ3) is 2.31. The molecule has 2 aromatic carbocycles. The molecule has 4 rings (SSSR count). The van der Waals surface area contributed by atoms with Crippen molar-refractivity contribution < 1.29 is 4.52 Å². The summed E-state index contributed by atoms with van der Waals surface area (Å²) < 4.78 is 7.51. The van der Waals surface area contributed by atoms with Gasteiger partial charge in [-0.2, -0.15) is 4.98 Å². The minimum absolute atomic E-state index is 0.515. The van der Waals surface area contributed by atoms with Crippen molar-refractivity contribution in [1.82, 2.24) is 14.7 Å². The maximum absolute atomic E-state index is 5.69. The summed E-state index contributed by atoms with van der Waals surface area (Å²) in [5.41, 5.74) is 9.80. The van der Waals surface area contributed by atoms with Gasteiger partial charge in [-0.25, -0.2) is 0 Å². The van der Waals surface area contributed by atoms with Crippen LogP contribution in [0.4, 0.5) is 0 Å². The van der Waals surface area contributed by atoms with Gasteiger partial charge in [0.1, 0.15) is 5.69 Å². The van der Waals surface area contributed by atoms with Crippen LogP contribution < -0.4 is 5.73 Å². The number of para-hydroxylation sites is 1. The summed E-state index contributed by atoms with van der Waals surface area (Å²) >= 11 is 0. The van der Waals surface area contributed by atoms with Gasteiger partial charge in [-0.05, 0) is 36.8 Å². The van der Waals surface area contributed by atoms with Crippen molar-refractivity contribution in [2.45, 2.75) is 13.5 Å². The first-order valence-corrected chi connectivity index (χ1v) is 7.47. The molecule has 0 bridgehead atoms. The van der Waals surface area contributed by atoms with Gasteiger partial charge in [-0.15, -0.1) is 0 Å². The Morgan fingerprint density at radius 2 is 1.87 bits per heavy atom. The maximum atomic E-state index is 5.69. The van der Waals surface area contributed by atoms with E-state index in [2.05, 4.69) is 45.0 Å². The molecule has 2 aromatic heterocycles. The second kappa shape index (κ2) is 5.37. The summed E-state index contributed by atoms with van der Waals surface area (Å²) in [5, 5.41) is 5.04.